The smallest absolute Gasteiger partial charge is 0.146 e. The van der Waals surface area contributed by atoms with Crippen molar-refractivity contribution >= 4 is 23.1 Å². The van der Waals surface area contributed by atoms with Gasteiger partial charge in [-0.1, -0.05) is 23.7 Å². The molecule has 6 heteroatoms. The molecule has 0 aliphatic rings. The molecule has 0 saturated heterocycles. The first kappa shape index (κ1) is 15.4. The molecule has 2 aromatic rings. The summed E-state index contributed by atoms with van der Waals surface area (Å²) in [5, 5.41) is 1.81. The zero-order valence-electron chi connectivity index (χ0n) is 11.3. The Morgan fingerprint density at radius 2 is 2.00 bits per heavy atom. The molecule has 1 aromatic carbocycles. The molecule has 4 nitrogen and oxygen atoms in total. The van der Waals surface area contributed by atoms with Gasteiger partial charge in [-0.25, -0.2) is 4.98 Å². The second-order valence-corrected chi connectivity index (χ2v) is 6.07. The first-order valence-electron chi connectivity index (χ1n) is 6.69. The third-order valence-corrected chi connectivity index (χ3v) is 4.11. The van der Waals surface area contributed by atoms with Crippen LogP contribution < -0.4 is 11.5 Å². The lowest BCUT2D eigenvalue weighted by Crippen LogP contribution is -2.29. The molecule has 4 N–H and O–H groups in total. The minimum Gasteiger partial charge on any atom is -0.329 e. The standard InChI is InChI=1S/C14H19ClN4S/c15-11-6-4-10(5-7-11)8-13-18-14(20-19-13)3-1-2-12(17)9-16/h4-7,12H,1-3,8-9,16-17H2. The highest BCUT2D eigenvalue weighted by Gasteiger charge is 2.06. The molecule has 108 valence electrons. The molecule has 20 heavy (non-hydrogen) atoms. The maximum Gasteiger partial charge on any atom is 0.146 e. The molecule has 1 atom stereocenters. The van der Waals surface area contributed by atoms with Crippen LogP contribution in [-0.4, -0.2) is 21.9 Å². The molecule has 0 bridgehead atoms. The number of hydrogen-bond donors (Lipinski definition) is 2. The summed E-state index contributed by atoms with van der Waals surface area (Å²) in [5.41, 5.74) is 12.5. The predicted molar refractivity (Wildman–Crippen MR) is 84.1 cm³/mol. The summed E-state index contributed by atoms with van der Waals surface area (Å²) in [6, 6.07) is 7.88. The van der Waals surface area contributed by atoms with Gasteiger partial charge in [0.1, 0.15) is 10.8 Å². The first-order valence-corrected chi connectivity index (χ1v) is 7.84. The Morgan fingerprint density at radius 1 is 1.25 bits per heavy atom. The monoisotopic (exact) mass is 310 g/mol. The van der Waals surface area contributed by atoms with Crippen molar-refractivity contribution in [3.63, 3.8) is 0 Å². The predicted octanol–water partition coefficient (Wildman–Crippen LogP) is 2.39. The molecule has 0 spiro atoms. The lowest BCUT2D eigenvalue weighted by molar-refractivity contribution is 0.590. The second-order valence-electron chi connectivity index (χ2n) is 4.80. The van der Waals surface area contributed by atoms with Crippen LogP contribution in [0.2, 0.25) is 5.02 Å². The van der Waals surface area contributed by atoms with Crippen molar-refractivity contribution in [1.29, 1.82) is 0 Å². The van der Waals surface area contributed by atoms with E-state index in [9.17, 15) is 0 Å². The summed E-state index contributed by atoms with van der Waals surface area (Å²) in [6.45, 7) is 0.540. The van der Waals surface area contributed by atoms with E-state index in [0.717, 1.165) is 41.5 Å². The summed E-state index contributed by atoms with van der Waals surface area (Å²) < 4.78 is 4.39. The van der Waals surface area contributed by atoms with Gasteiger partial charge in [0.15, 0.2) is 0 Å². The topological polar surface area (TPSA) is 77.8 Å². The van der Waals surface area contributed by atoms with Crippen molar-refractivity contribution in [3.8, 4) is 0 Å². The Balaban J connectivity index is 1.84. The van der Waals surface area contributed by atoms with Crippen LogP contribution in [0.4, 0.5) is 0 Å². The van der Waals surface area contributed by atoms with Crippen molar-refractivity contribution in [3.05, 3.63) is 45.7 Å². The fourth-order valence-electron chi connectivity index (χ4n) is 1.88. The number of nitrogens with zero attached hydrogens (tertiary/aromatic N) is 2. The normalized spacial score (nSPS) is 12.6. The van der Waals surface area contributed by atoms with Crippen LogP contribution in [-0.2, 0) is 12.8 Å². The number of aromatic nitrogens is 2. The number of hydrogen-bond acceptors (Lipinski definition) is 5. The Morgan fingerprint density at radius 3 is 2.70 bits per heavy atom. The van der Waals surface area contributed by atoms with Crippen LogP contribution in [0, 0.1) is 0 Å². The van der Waals surface area contributed by atoms with Crippen LogP contribution in [0.5, 0.6) is 0 Å². The Bertz CT molecular complexity index is 526. The molecule has 0 radical (unpaired) electrons. The maximum atomic E-state index is 5.87. The van der Waals surface area contributed by atoms with Crippen molar-refractivity contribution in [1.82, 2.24) is 9.36 Å². The molecule has 0 saturated carbocycles. The first-order chi connectivity index (χ1) is 9.67. The van der Waals surface area contributed by atoms with Gasteiger partial charge < -0.3 is 11.5 Å². The van der Waals surface area contributed by atoms with E-state index in [4.69, 9.17) is 23.1 Å². The highest BCUT2D eigenvalue weighted by Crippen LogP contribution is 2.15. The fraction of sp³-hybridized carbons (Fsp3) is 0.429. The van der Waals surface area contributed by atoms with Gasteiger partial charge in [-0.2, -0.15) is 4.37 Å². The summed E-state index contributed by atoms with van der Waals surface area (Å²) in [7, 11) is 0. The van der Waals surface area contributed by atoms with E-state index in [2.05, 4.69) is 9.36 Å². The van der Waals surface area contributed by atoms with Crippen LogP contribution in [0.15, 0.2) is 24.3 Å². The number of nitrogens with two attached hydrogens (primary N) is 2. The Kier molecular flexibility index (Phi) is 5.91. The summed E-state index contributed by atoms with van der Waals surface area (Å²) >= 11 is 7.34. The third kappa shape index (κ3) is 4.83. The summed E-state index contributed by atoms with van der Waals surface area (Å²) in [4.78, 5) is 4.55. The Hall–Kier alpha value is -1.01. The van der Waals surface area contributed by atoms with Crippen molar-refractivity contribution < 1.29 is 0 Å². The van der Waals surface area contributed by atoms with E-state index in [1.807, 2.05) is 24.3 Å². The largest absolute Gasteiger partial charge is 0.329 e. The van der Waals surface area contributed by atoms with Gasteiger partial charge in [0, 0.05) is 30.5 Å². The lowest BCUT2D eigenvalue weighted by Gasteiger charge is -2.05. The molecule has 0 amide bonds. The zero-order valence-corrected chi connectivity index (χ0v) is 12.8. The van der Waals surface area contributed by atoms with Crippen LogP contribution in [0.1, 0.15) is 29.2 Å². The molecular weight excluding hydrogens is 292 g/mol. The highest BCUT2D eigenvalue weighted by molar-refractivity contribution is 7.05. The molecule has 1 unspecified atom stereocenters. The van der Waals surface area contributed by atoms with E-state index in [1.54, 1.807) is 0 Å². The third-order valence-electron chi connectivity index (χ3n) is 3.05. The molecule has 1 aromatic heterocycles. The molecule has 0 fully saturated rings. The van der Waals surface area contributed by atoms with Gasteiger partial charge >= 0.3 is 0 Å². The van der Waals surface area contributed by atoms with Gasteiger partial charge in [-0.05, 0) is 42.1 Å². The number of rotatable bonds is 7. The molecule has 0 aliphatic heterocycles. The number of halogens is 1. The summed E-state index contributed by atoms with van der Waals surface area (Å²) in [6.07, 6.45) is 3.61. The molecule has 1 heterocycles. The van der Waals surface area contributed by atoms with E-state index >= 15 is 0 Å². The highest BCUT2D eigenvalue weighted by atomic mass is 35.5. The lowest BCUT2D eigenvalue weighted by atomic mass is 10.1. The van der Waals surface area contributed by atoms with Gasteiger partial charge in [-0.15, -0.1) is 0 Å². The van der Waals surface area contributed by atoms with Gasteiger partial charge in [0.05, 0.1) is 0 Å². The van der Waals surface area contributed by atoms with E-state index in [-0.39, 0.29) is 6.04 Å². The van der Waals surface area contributed by atoms with Crippen LogP contribution in [0.25, 0.3) is 0 Å². The molecular formula is C14H19ClN4S. The average Bonchev–Trinajstić information content (AvgIpc) is 2.89. The SMILES string of the molecule is NCC(N)CCCc1nc(Cc2ccc(Cl)cc2)ns1. The average molecular weight is 311 g/mol. The van der Waals surface area contributed by atoms with Crippen LogP contribution in [0.3, 0.4) is 0 Å². The second kappa shape index (κ2) is 7.69. The van der Waals surface area contributed by atoms with E-state index < -0.39 is 0 Å². The Labute approximate surface area is 128 Å². The summed E-state index contributed by atoms with van der Waals surface area (Å²) in [5.74, 6) is 0.871. The molecule has 0 aliphatic carbocycles. The van der Waals surface area contributed by atoms with E-state index in [0.29, 0.717) is 6.54 Å². The molecule has 2 rings (SSSR count). The van der Waals surface area contributed by atoms with Crippen molar-refractivity contribution in [2.75, 3.05) is 6.54 Å². The van der Waals surface area contributed by atoms with Crippen molar-refractivity contribution in [2.24, 2.45) is 11.5 Å². The van der Waals surface area contributed by atoms with E-state index in [1.165, 1.54) is 17.1 Å². The minimum absolute atomic E-state index is 0.0939. The maximum absolute atomic E-state index is 5.87. The van der Waals surface area contributed by atoms with Gasteiger partial charge in [-0.3, -0.25) is 0 Å². The number of aryl methyl sites for hydroxylation is 1. The van der Waals surface area contributed by atoms with Crippen molar-refractivity contribution in [2.45, 2.75) is 31.7 Å². The minimum atomic E-state index is 0.0939. The quantitative estimate of drug-likeness (QED) is 0.823. The fourth-order valence-corrected chi connectivity index (χ4v) is 2.71. The number of benzene rings is 1. The van der Waals surface area contributed by atoms with Gasteiger partial charge in [0.2, 0.25) is 0 Å². The van der Waals surface area contributed by atoms with Gasteiger partial charge in [0.25, 0.3) is 0 Å². The van der Waals surface area contributed by atoms with Crippen LogP contribution >= 0.6 is 23.1 Å². The zero-order chi connectivity index (χ0) is 14.4.